The number of benzene rings is 1. The van der Waals surface area contributed by atoms with Crippen molar-refractivity contribution in [1.82, 2.24) is 5.32 Å². The number of nitrogens with one attached hydrogen (secondary N) is 1. The Labute approximate surface area is 105 Å². The van der Waals surface area contributed by atoms with E-state index in [1.54, 1.807) is 18.2 Å². The van der Waals surface area contributed by atoms with E-state index in [1.165, 1.54) is 6.07 Å². The highest BCUT2D eigenvalue weighted by atomic mass is 16.6. The molecule has 98 valence electrons. The lowest BCUT2D eigenvalue weighted by Gasteiger charge is -2.11. The number of amides is 1. The van der Waals surface area contributed by atoms with E-state index >= 15 is 0 Å². The van der Waals surface area contributed by atoms with Gasteiger partial charge in [0.15, 0.2) is 0 Å². The predicted molar refractivity (Wildman–Crippen MR) is 68.1 cm³/mol. The van der Waals surface area contributed by atoms with Crippen molar-refractivity contribution < 1.29 is 9.72 Å². The molecule has 0 aliphatic rings. The summed E-state index contributed by atoms with van der Waals surface area (Å²) in [4.78, 5) is 21.1. The number of carbonyl (C=O) groups excluding carboxylic acids is 1. The van der Waals surface area contributed by atoms with Gasteiger partial charge in [-0.3, -0.25) is 14.9 Å². The van der Waals surface area contributed by atoms with Gasteiger partial charge < -0.3 is 11.1 Å². The van der Waals surface area contributed by atoms with Crippen LogP contribution in [-0.2, 0) is 11.2 Å². The summed E-state index contributed by atoms with van der Waals surface area (Å²) in [6.45, 7) is 2.42. The smallest absolute Gasteiger partial charge is 0.272 e. The van der Waals surface area contributed by atoms with Gasteiger partial charge in [0, 0.05) is 24.1 Å². The third-order valence-corrected chi connectivity index (χ3v) is 2.58. The van der Waals surface area contributed by atoms with Gasteiger partial charge in [-0.1, -0.05) is 18.2 Å². The summed E-state index contributed by atoms with van der Waals surface area (Å²) in [6.07, 6.45) is 0.803. The van der Waals surface area contributed by atoms with Crippen LogP contribution in [0, 0.1) is 10.1 Å². The van der Waals surface area contributed by atoms with Gasteiger partial charge in [-0.25, -0.2) is 0 Å². The molecule has 0 aliphatic carbocycles. The summed E-state index contributed by atoms with van der Waals surface area (Å²) >= 11 is 0. The largest absolute Gasteiger partial charge is 0.370 e. The van der Waals surface area contributed by atoms with Gasteiger partial charge in [0.25, 0.3) is 5.69 Å². The lowest BCUT2D eigenvalue weighted by atomic mass is 10.1. The Balaban J connectivity index is 2.49. The lowest BCUT2D eigenvalue weighted by molar-refractivity contribution is -0.385. The maximum absolute atomic E-state index is 10.8. The van der Waals surface area contributed by atoms with Gasteiger partial charge in [-0.05, 0) is 19.9 Å². The highest BCUT2D eigenvalue weighted by Gasteiger charge is 2.12. The Morgan fingerprint density at radius 1 is 1.50 bits per heavy atom. The van der Waals surface area contributed by atoms with E-state index in [1.807, 2.05) is 6.92 Å². The van der Waals surface area contributed by atoms with Crippen LogP contribution in [0.3, 0.4) is 0 Å². The monoisotopic (exact) mass is 251 g/mol. The van der Waals surface area contributed by atoms with Crippen molar-refractivity contribution in [3.8, 4) is 0 Å². The molecular formula is C12H17N3O3. The van der Waals surface area contributed by atoms with Crippen LogP contribution in [-0.4, -0.2) is 23.4 Å². The minimum Gasteiger partial charge on any atom is -0.370 e. The third-order valence-electron chi connectivity index (χ3n) is 2.58. The van der Waals surface area contributed by atoms with Crippen LogP contribution in [0.2, 0.25) is 0 Å². The van der Waals surface area contributed by atoms with E-state index in [-0.39, 0.29) is 29.0 Å². The zero-order valence-corrected chi connectivity index (χ0v) is 10.3. The fraction of sp³-hybridized carbons (Fsp3) is 0.417. The SMILES string of the molecule is CC(CC(N)=O)NCCc1ccccc1[N+](=O)[O-]. The second kappa shape index (κ2) is 6.70. The average molecular weight is 251 g/mol. The molecule has 3 N–H and O–H groups in total. The molecule has 0 fully saturated rings. The minimum absolute atomic E-state index is 0.0229. The number of para-hydroxylation sites is 1. The number of hydrogen-bond donors (Lipinski definition) is 2. The van der Waals surface area contributed by atoms with Crippen molar-refractivity contribution in [2.45, 2.75) is 25.8 Å². The summed E-state index contributed by atoms with van der Waals surface area (Å²) < 4.78 is 0. The molecular weight excluding hydrogens is 234 g/mol. The normalized spacial score (nSPS) is 12.1. The van der Waals surface area contributed by atoms with E-state index in [0.29, 0.717) is 18.5 Å². The summed E-state index contributed by atoms with van der Waals surface area (Å²) in [6, 6.07) is 6.62. The maximum atomic E-state index is 10.8. The van der Waals surface area contributed by atoms with Crippen molar-refractivity contribution in [3.05, 3.63) is 39.9 Å². The maximum Gasteiger partial charge on any atom is 0.272 e. The summed E-state index contributed by atoms with van der Waals surface area (Å²) in [5, 5.41) is 13.9. The number of rotatable bonds is 7. The number of primary amides is 1. The quantitative estimate of drug-likeness (QED) is 0.557. The minimum atomic E-state index is -0.387. The zero-order chi connectivity index (χ0) is 13.5. The van der Waals surface area contributed by atoms with E-state index in [9.17, 15) is 14.9 Å². The fourth-order valence-electron chi connectivity index (χ4n) is 1.73. The Hall–Kier alpha value is -1.95. The molecule has 1 unspecified atom stereocenters. The van der Waals surface area contributed by atoms with Crippen LogP contribution in [0.4, 0.5) is 5.69 Å². The van der Waals surface area contributed by atoms with Gasteiger partial charge in [-0.15, -0.1) is 0 Å². The van der Waals surface area contributed by atoms with Crippen LogP contribution in [0.15, 0.2) is 24.3 Å². The Morgan fingerprint density at radius 3 is 2.78 bits per heavy atom. The topological polar surface area (TPSA) is 98.3 Å². The molecule has 0 spiro atoms. The first-order valence-corrected chi connectivity index (χ1v) is 5.74. The van der Waals surface area contributed by atoms with E-state index in [4.69, 9.17) is 5.73 Å². The van der Waals surface area contributed by atoms with E-state index in [2.05, 4.69) is 5.32 Å². The molecule has 0 saturated heterocycles. The molecule has 0 radical (unpaired) electrons. The van der Waals surface area contributed by atoms with Crippen LogP contribution in [0.5, 0.6) is 0 Å². The summed E-state index contributed by atoms with van der Waals surface area (Å²) in [5.41, 5.74) is 5.88. The predicted octanol–water partition coefficient (Wildman–Crippen LogP) is 0.991. The third kappa shape index (κ3) is 4.50. The van der Waals surface area contributed by atoms with Crippen LogP contribution < -0.4 is 11.1 Å². The number of nitrogens with two attached hydrogens (primary N) is 1. The van der Waals surface area contributed by atoms with Crippen molar-refractivity contribution in [1.29, 1.82) is 0 Å². The number of carbonyl (C=O) groups is 1. The number of hydrogen-bond acceptors (Lipinski definition) is 4. The van der Waals surface area contributed by atoms with Gasteiger partial charge in [0.1, 0.15) is 0 Å². The number of nitrogens with zero attached hydrogens (tertiary/aromatic N) is 1. The molecule has 1 atom stereocenters. The van der Waals surface area contributed by atoms with E-state index < -0.39 is 0 Å². The molecule has 0 bridgehead atoms. The summed E-state index contributed by atoms with van der Waals surface area (Å²) in [7, 11) is 0. The van der Waals surface area contributed by atoms with Crippen molar-refractivity contribution in [2.24, 2.45) is 5.73 Å². The highest BCUT2D eigenvalue weighted by molar-refractivity contribution is 5.74. The number of nitro benzene ring substituents is 1. The zero-order valence-electron chi connectivity index (χ0n) is 10.3. The molecule has 6 nitrogen and oxygen atoms in total. The first-order chi connectivity index (χ1) is 8.50. The van der Waals surface area contributed by atoms with Crippen molar-refractivity contribution in [2.75, 3.05) is 6.54 Å². The van der Waals surface area contributed by atoms with Crippen LogP contribution >= 0.6 is 0 Å². The first-order valence-electron chi connectivity index (χ1n) is 5.74. The van der Waals surface area contributed by atoms with Gasteiger partial charge in [0.2, 0.25) is 5.91 Å². The van der Waals surface area contributed by atoms with Crippen molar-refractivity contribution >= 4 is 11.6 Å². The molecule has 1 amide bonds. The molecule has 1 aromatic rings. The van der Waals surface area contributed by atoms with E-state index in [0.717, 1.165) is 0 Å². The molecule has 0 saturated carbocycles. The van der Waals surface area contributed by atoms with Gasteiger partial charge >= 0.3 is 0 Å². The first kappa shape index (κ1) is 14.1. The average Bonchev–Trinajstić information content (AvgIpc) is 2.28. The standard InChI is InChI=1S/C12H17N3O3/c1-9(8-12(13)16)14-7-6-10-4-2-3-5-11(10)15(17)18/h2-5,9,14H,6-8H2,1H3,(H2,13,16). The Kier molecular flexibility index (Phi) is 5.26. The molecule has 0 heterocycles. The van der Waals surface area contributed by atoms with Crippen LogP contribution in [0.25, 0.3) is 0 Å². The van der Waals surface area contributed by atoms with Crippen LogP contribution in [0.1, 0.15) is 18.9 Å². The van der Waals surface area contributed by atoms with Gasteiger partial charge in [0.05, 0.1) is 4.92 Å². The highest BCUT2D eigenvalue weighted by Crippen LogP contribution is 2.17. The second-order valence-electron chi connectivity index (χ2n) is 4.16. The fourth-order valence-corrected chi connectivity index (χ4v) is 1.73. The molecule has 0 aromatic heterocycles. The second-order valence-corrected chi connectivity index (χ2v) is 4.16. The lowest BCUT2D eigenvalue weighted by Crippen LogP contribution is -2.32. The Bertz CT molecular complexity index is 434. The molecule has 1 rings (SSSR count). The summed E-state index contributed by atoms with van der Waals surface area (Å²) in [5.74, 6) is -0.360. The molecule has 0 aliphatic heterocycles. The molecule has 18 heavy (non-hydrogen) atoms. The molecule has 1 aromatic carbocycles. The Morgan fingerprint density at radius 2 is 2.17 bits per heavy atom. The number of nitro groups is 1. The molecule has 6 heteroatoms. The van der Waals surface area contributed by atoms with Crippen molar-refractivity contribution in [3.63, 3.8) is 0 Å². The van der Waals surface area contributed by atoms with Gasteiger partial charge in [-0.2, -0.15) is 0 Å².